The Labute approximate surface area is 151 Å². The fraction of sp³-hybridized carbons (Fsp3) is 0.235. The highest BCUT2D eigenvalue weighted by Crippen LogP contribution is 2.35. The standard InChI is InChI=1S/C17H14N2O4S2/c20-19(21)13-5-11-7-22-10-23-17(11)12(6-13)8-24-9-16-18-14-3-1-2-4-15(14)25-16/h1-6H,7-10H2. The Balaban J connectivity index is 1.51. The minimum atomic E-state index is -0.378. The maximum absolute atomic E-state index is 11.1. The summed E-state index contributed by atoms with van der Waals surface area (Å²) >= 11 is 3.35. The molecular formula is C17H14N2O4S2. The van der Waals surface area contributed by atoms with Crippen molar-refractivity contribution >= 4 is 39.0 Å². The van der Waals surface area contributed by atoms with Crippen LogP contribution >= 0.6 is 23.1 Å². The number of nitro groups is 1. The minimum Gasteiger partial charge on any atom is -0.467 e. The second kappa shape index (κ2) is 6.99. The Morgan fingerprint density at radius 2 is 2.16 bits per heavy atom. The van der Waals surface area contributed by atoms with Crippen molar-refractivity contribution in [1.29, 1.82) is 0 Å². The zero-order chi connectivity index (χ0) is 17.2. The maximum atomic E-state index is 11.1. The smallest absolute Gasteiger partial charge is 0.270 e. The summed E-state index contributed by atoms with van der Waals surface area (Å²) in [5, 5.41) is 12.2. The molecule has 1 aromatic heterocycles. The Hall–Kier alpha value is -2.16. The van der Waals surface area contributed by atoms with Gasteiger partial charge < -0.3 is 9.47 Å². The zero-order valence-electron chi connectivity index (χ0n) is 13.1. The van der Waals surface area contributed by atoms with Crippen LogP contribution < -0.4 is 4.74 Å². The summed E-state index contributed by atoms with van der Waals surface area (Å²) in [6.45, 7) is 0.521. The molecular weight excluding hydrogens is 360 g/mol. The van der Waals surface area contributed by atoms with Crippen LogP contribution in [0, 0.1) is 10.1 Å². The molecule has 0 amide bonds. The van der Waals surface area contributed by atoms with Crippen LogP contribution in [-0.2, 0) is 22.8 Å². The van der Waals surface area contributed by atoms with Gasteiger partial charge in [0.2, 0.25) is 0 Å². The van der Waals surface area contributed by atoms with Crippen molar-refractivity contribution in [2.24, 2.45) is 0 Å². The number of hydrogen-bond donors (Lipinski definition) is 0. The first-order valence-corrected chi connectivity index (χ1v) is 9.61. The fourth-order valence-corrected chi connectivity index (χ4v) is 4.75. The monoisotopic (exact) mass is 374 g/mol. The van der Waals surface area contributed by atoms with Gasteiger partial charge in [0, 0.05) is 34.8 Å². The summed E-state index contributed by atoms with van der Waals surface area (Å²) in [4.78, 5) is 15.4. The average Bonchev–Trinajstić information content (AvgIpc) is 3.04. The Kier molecular flexibility index (Phi) is 4.56. The Morgan fingerprint density at radius 3 is 3.00 bits per heavy atom. The van der Waals surface area contributed by atoms with E-state index in [4.69, 9.17) is 9.47 Å². The lowest BCUT2D eigenvalue weighted by molar-refractivity contribution is -0.385. The van der Waals surface area contributed by atoms with E-state index in [-0.39, 0.29) is 17.4 Å². The van der Waals surface area contributed by atoms with Crippen molar-refractivity contribution in [1.82, 2.24) is 4.98 Å². The normalized spacial score (nSPS) is 13.4. The molecule has 1 aliphatic rings. The number of thiazole rings is 1. The largest absolute Gasteiger partial charge is 0.467 e. The van der Waals surface area contributed by atoms with Crippen LogP contribution in [0.3, 0.4) is 0 Å². The van der Waals surface area contributed by atoms with Crippen molar-refractivity contribution < 1.29 is 14.4 Å². The van der Waals surface area contributed by atoms with E-state index >= 15 is 0 Å². The molecule has 0 unspecified atom stereocenters. The second-order valence-electron chi connectivity index (χ2n) is 5.53. The van der Waals surface area contributed by atoms with Gasteiger partial charge >= 0.3 is 0 Å². The highest BCUT2D eigenvalue weighted by molar-refractivity contribution is 7.97. The minimum absolute atomic E-state index is 0.0726. The van der Waals surface area contributed by atoms with E-state index in [2.05, 4.69) is 11.1 Å². The van der Waals surface area contributed by atoms with Crippen molar-refractivity contribution in [3.8, 4) is 5.75 Å². The van der Waals surface area contributed by atoms with Crippen LogP contribution in [0.2, 0.25) is 0 Å². The molecule has 2 aromatic carbocycles. The van der Waals surface area contributed by atoms with E-state index in [0.29, 0.717) is 18.1 Å². The molecule has 0 N–H and O–H groups in total. The van der Waals surface area contributed by atoms with Crippen molar-refractivity contribution in [2.75, 3.05) is 6.79 Å². The van der Waals surface area contributed by atoms with Gasteiger partial charge in [-0.3, -0.25) is 10.1 Å². The van der Waals surface area contributed by atoms with Crippen LogP contribution in [0.4, 0.5) is 5.69 Å². The predicted molar refractivity (Wildman–Crippen MR) is 98.0 cm³/mol. The van der Waals surface area contributed by atoms with Gasteiger partial charge in [-0.25, -0.2) is 4.98 Å². The molecule has 1 aliphatic heterocycles. The van der Waals surface area contributed by atoms with Crippen LogP contribution in [0.15, 0.2) is 36.4 Å². The van der Waals surface area contributed by atoms with Gasteiger partial charge in [-0.05, 0) is 12.1 Å². The first-order valence-electron chi connectivity index (χ1n) is 7.63. The molecule has 0 radical (unpaired) electrons. The number of ether oxygens (including phenoxy) is 2. The lowest BCUT2D eigenvalue weighted by atomic mass is 10.1. The van der Waals surface area contributed by atoms with E-state index in [9.17, 15) is 10.1 Å². The van der Waals surface area contributed by atoms with E-state index in [1.54, 1.807) is 29.2 Å². The van der Waals surface area contributed by atoms with Gasteiger partial charge in [-0.1, -0.05) is 12.1 Å². The van der Waals surface area contributed by atoms with Crippen LogP contribution in [-0.4, -0.2) is 16.7 Å². The summed E-state index contributed by atoms with van der Waals surface area (Å²) < 4.78 is 12.0. The Bertz CT molecular complexity index is 909. The van der Waals surface area contributed by atoms with E-state index in [1.807, 2.05) is 18.2 Å². The molecule has 0 spiro atoms. The van der Waals surface area contributed by atoms with E-state index in [1.165, 1.54) is 10.8 Å². The lowest BCUT2D eigenvalue weighted by Crippen LogP contribution is -2.13. The predicted octanol–water partition coefficient (Wildman–Crippen LogP) is 4.50. The summed E-state index contributed by atoms with van der Waals surface area (Å²) in [5.41, 5.74) is 2.65. The molecule has 4 rings (SSSR count). The number of fused-ring (bicyclic) bond motifs is 2. The second-order valence-corrected chi connectivity index (χ2v) is 7.63. The maximum Gasteiger partial charge on any atom is 0.270 e. The molecule has 0 atom stereocenters. The number of nitro benzene ring substituents is 1. The molecule has 0 aliphatic carbocycles. The van der Waals surface area contributed by atoms with E-state index in [0.717, 1.165) is 27.4 Å². The summed E-state index contributed by atoms with van der Waals surface area (Å²) in [6.07, 6.45) is 0. The van der Waals surface area contributed by atoms with Gasteiger partial charge in [-0.2, -0.15) is 0 Å². The highest BCUT2D eigenvalue weighted by Gasteiger charge is 2.20. The van der Waals surface area contributed by atoms with Crippen LogP contribution in [0.1, 0.15) is 16.1 Å². The molecule has 128 valence electrons. The lowest BCUT2D eigenvalue weighted by Gasteiger charge is -2.20. The van der Waals surface area contributed by atoms with Crippen molar-refractivity contribution in [3.05, 3.63) is 62.6 Å². The van der Waals surface area contributed by atoms with Gasteiger partial charge in [-0.15, -0.1) is 23.1 Å². The summed E-state index contributed by atoms with van der Waals surface area (Å²) in [6, 6.07) is 11.2. The number of non-ortho nitro benzene ring substituents is 1. The van der Waals surface area contributed by atoms with Crippen LogP contribution in [0.25, 0.3) is 10.2 Å². The number of benzene rings is 2. The average molecular weight is 374 g/mol. The summed E-state index contributed by atoms with van der Waals surface area (Å²) in [5.74, 6) is 2.10. The topological polar surface area (TPSA) is 74.5 Å². The molecule has 0 bridgehead atoms. The van der Waals surface area contributed by atoms with Gasteiger partial charge in [0.15, 0.2) is 6.79 Å². The highest BCUT2D eigenvalue weighted by atomic mass is 32.2. The molecule has 2 heterocycles. The van der Waals surface area contributed by atoms with Crippen molar-refractivity contribution in [3.63, 3.8) is 0 Å². The van der Waals surface area contributed by atoms with Crippen LogP contribution in [0.5, 0.6) is 5.75 Å². The number of aromatic nitrogens is 1. The first kappa shape index (κ1) is 16.3. The quantitative estimate of drug-likeness (QED) is 0.483. The first-order chi connectivity index (χ1) is 12.2. The molecule has 25 heavy (non-hydrogen) atoms. The van der Waals surface area contributed by atoms with Gasteiger partial charge in [0.25, 0.3) is 5.69 Å². The third-order valence-electron chi connectivity index (χ3n) is 3.80. The third kappa shape index (κ3) is 3.46. The number of thioether (sulfide) groups is 1. The molecule has 8 heteroatoms. The molecule has 3 aromatic rings. The molecule has 0 saturated carbocycles. The fourth-order valence-electron chi connectivity index (χ4n) is 2.72. The third-order valence-corrected chi connectivity index (χ3v) is 6.02. The number of para-hydroxylation sites is 1. The van der Waals surface area contributed by atoms with Gasteiger partial charge in [0.1, 0.15) is 10.8 Å². The van der Waals surface area contributed by atoms with Gasteiger partial charge in [0.05, 0.1) is 21.7 Å². The number of hydrogen-bond acceptors (Lipinski definition) is 7. The zero-order valence-corrected chi connectivity index (χ0v) is 14.8. The SMILES string of the molecule is O=[N+]([O-])c1cc2c(c(CSCc3nc4ccccc4s3)c1)OCOC2. The molecule has 0 fully saturated rings. The number of nitrogens with zero attached hydrogens (tertiary/aromatic N) is 2. The Morgan fingerprint density at radius 1 is 1.28 bits per heavy atom. The van der Waals surface area contributed by atoms with Crippen molar-refractivity contribution in [2.45, 2.75) is 18.1 Å². The molecule has 6 nitrogen and oxygen atoms in total. The number of rotatable bonds is 5. The molecule has 0 saturated heterocycles. The van der Waals surface area contributed by atoms with E-state index < -0.39 is 0 Å². The summed E-state index contributed by atoms with van der Waals surface area (Å²) in [7, 11) is 0.